The van der Waals surface area contributed by atoms with Crippen LogP contribution < -0.4 is 11.1 Å². The van der Waals surface area contributed by atoms with E-state index in [1.807, 2.05) is 0 Å². The fraction of sp³-hybridized carbons (Fsp3) is 0.923. The van der Waals surface area contributed by atoms with E-state index in [0.717, 1.165) is 12.8 Å². The molecule has 2 fully saturated rings. The van der Waals surface area contributed by atoms with Crippen LogP contribution in [0.3, 0.4) is 0 Å². The summed E-state index contributed by atoms with van der Waals surface area (Å²) in [6.45, 7) is 0. The van der Waals surface area contributed by atoms with Crippen LogP contribution in [0.1, 0.15) is 44.9 Å². The molecule has 3 nitrogen and oxygen atoms in total. The van der Waals surface area contributed by atoms with Crippen LogP contribution in [-0.4, -0.2) is 24.2 Å². The van der Waals surface area contributed by atoms with Gasteiger partial charge in [-0.2, -0.15) is 13.2 Å². The van der Waals surface area contributed by atoms with Gasteiger partial charge in [0.25, 0.3) is 0 Å². The molecule has 2 atom stereocenters. The van der Waals surface area contributed by atoms with Crippen LogP contribution >= 0.6 is 12.4 Å². The first kappa shape index (κ1) is 17.6. The van der Waals surface area contributed by atoms with Gasteiger partial charge in [0, 0.05) is 18.0 Å². The second-order valence-electron chi connectivity index (χ2n) is 5.87. The van der Waals surface area contributed by atoms with E-state index in [2.05, 4.69) is 5.32 Å². The largest absolute Gasteiger partial charge is 0.391 e. The van der Waals surface area contributed by atoms with E-state index >= 15 is 0 Å². The van der Waals surface area contributed by atoms with Crippen LogP contribution in [0.25, 0.3) is 0 Å². The summed E-state index contributed by atoms with van der Waals surface area (Å²) in [5.41, 5.74) is 5.76. The second kappa shape index (κ2) is 6.98. The fourth-order valence-electron chi connectivity index (χ4n) is 3.14. The molecule has 0 aromatic carbocycles. The first-order valence-corrected chi connectivity index (χ1v) is 6.99. The summed E-state index contributed by atoms with van der Waals surface area (Å²) in [5.74, 6) is -1.26. The predicted octanol–water partition coefficient (Wildman–Crippen LogP) is 2.77. The minimum absolute atomic E-state index is 0. The van der Waals surface area contributed by atoms with Crippen LogP contribution in [0.2, 0.25) is 0 Å². The smallest absolute Gasteiger partial charge is 0.353 e. The zero-order valence-corrected chi connectivity index (χ0v) is 12.1. The summed E-state index contributed by atoms with van der Waals surface area (Å²) in [6, 6.07) is -0.000333. The van der Waals surface area contributed by atoms with Gasteiger partial charge in [-0.3, -0.25) is 4.79 Å². The molecular weight excluding hydrogens is 293 g/mol. The number of rotatable bonds is 2. The molecule has 118 valence electrons. The maximum Gasteiger partial charge on any atom is 0.391 e. The highest BCUT2D eigenvalue weighted by Crippen LogP contribution is 2.37. The predicted molar refractivity (Wildman–Crippen MR) is 72.5 cm³/mol. The third-order valence-corrected chi connectivity index (χ3v) is 4.38. The molecule has 2 rings (SSSR count). The monoisotopic (exact) mass is 314 g/mol. The average molecular weight is 315 g/mol. The number of nitrogens with one attached hydrogen (secondary N) is 1. The van der Waals surface area contributed by atoms with Crippen LogP contribution in [0, 0.1) is 11.8 Å². The van der Waals surface area contributed by atoms with Crippen LogP contribution in [0.15, 0.2) is 0 Å². The molecule has 0 saturated heterocycles. The van der Waals surface area contributed by atoms with Crippen molar-refractivity contribution in [3.63, 3.8) is 0 Å². The molecule has 1 amide bonds. The van der Waals surface area contributed by atoms with E-state index in [4.69, 9.17) is 5.73 Å². The summed E-state index contributed by atoms with van der Waals surface area (Å²) in [5, 5.41) is 2.89. The van der Waals surface area contributed by atoms with Gasteiger partial charge in [0.1, 0.15) is 0 Å². The molecule has 2 unspecified atom stereocenters. The molecule has 2 saturated carbocycles. The van der Waals surface area contributed by atoms with Gasteiger partial charge in [0.05, 0.1) is 5.92 Å². The number of halogens is 4. The van der Waals surface area contributed by atoms with Crippen molar-refractivity contribution in [1.29, 1.82) is 0 Å². The highest BCUT2D eigenvalue weighted by Gasteiger charge is 2.41. The van der Waals surface area contributed by atoms with Gasteiger partial charge in [-0.15, -0.1) is 12.4 Å². The topological polar surface area (TPSA) is 55.1 Å². The number of alkyl halides is 3. The summed E-state index contributed by atoms with van der Waals surface area (Å²) < 4.78 is 37.6. The van der Waals surface area contributed by atoms with E-state index in [9.17, 15) is 18.0 Å². The summed E-state index contributed by atoms with van der Waals surface area (Å²) in [4.78, 5) is 11.9. The average Bonchev–Trinajstić information content (AvgIpc) is 2.75. The molecule has 2 aliphatic carbocycles. The Hall–Kier alpha value is -0.490. The minimum atomic E-state index is -4.09. The van der Waals surface area contributed by atoms with Crippen molar-refractivity contribution >= 4 is 18.3 Å². The zero-order valence-electron chi connectivity index (χ0n) is 11.3. The molecule has 3 N–H and O–H groups in total. The minimum Gasteiger partial charge on any atom is -0.353 e. The number of carbonyl (C=O) groups excluding carboxylic acids is 1. The van der Waals surface area contributed by atoms with E-state index in [-0.39, 0.29) is 49.2 Å². The van der Waals surface area contributed by atoms with Crippen molar-refractivity contribution in [2.75, 3.05) is 0 Å². The zero-order chi connectivity index (χ0) is 14.0. The lowest BCUT2D eigenvalue weighted by Crippen LogP contribution is -2.42. The molecule has 0 heterocycles. The molecule has 0 bridgehead atoms. The van der Waals surface area contributed by atoms with Crippen molar-refractivity contribution in [2.24, 2.45) is 17.6 Å². The standard InChI is InChI=1S/C13H21F3N2O.ClH/c14-13(15,16)9-2-5-11(6-3-9)18-12(19)8-1-4-10(17)7-8;/h8-11H,1-7,17H2,(H,18,19);1H. The van der Waals surface area contributed by atoms with Gasteiger partial charge >= 0.3 is 6.18 Å². The summed E-state index contributed by atoms with van der Waals surface area (Å²) >= 11 is 0. The number of amides is 1. The van der Waals surface area contributed by atoms with Crippen molar-refractivity contribution in [1.82, 2.24) is 5.32 Å². The van der Waals surface area contributed by atoms with Gasteiger partial charge in [-0.05, 0) is 44.9 Å². The van der Waals surface area contributed by atoms with Gasteiger partial charge < -0.3 is 11.1 Å². The molecule has 0 aromatic rings. The van der Waals surface area contributed by atoms with Crippen molar-refractivity contribution in [3.05, 3.63) is 0 Å². The normalized spacial score (nSPS) is 34.4. The molecule has 7 heteroatoms. The molecular formula is C13H22ClF3N2O. The molecule has 0 aliphatic heterocycles. The van der Waals surface area contributed by atoms with Gasteiger partial charge in [-0.1, -0.05) is 0 Å². The molecule has 20 heavy (non-hydrogen) atoms. The maximum atomic E-state index is 12.5. The van der Waals surface area contributed by atoms with Gasteiger partial charge in [0.2, 0.25) is 5.91 Å². The Kier molecular flexibility index (Phi) is 6.13. The lowest BCUT2D eigenvalue weighted by atomic mass is 9.85. The first-order chi connectivity index (χ1) is 8.86. The van der Waals surface area contributed by atoms with Crippen LogP contribution in [0.4, 0.5) is 13.2 Å². The molecule has 0 radical (unpaired) electrons. The Morgan fingerprint density at radius 1 is 1.05 bits per heavy atom. The first-order valence-electron chi connectivity index (χ1n) is 6.99. The van der Waals surface area contributed by atoms with Crippen molar-refractivity contribution < 1.29 is 18.0 Å². The highest BCUT2D eigenvalue weighted by molar-refractivity contribution is 5.85. The van der Waals surface area contributed by atoms with Crippen molar-refractivity contribution in [3.8, 4) is 0 Å². The maximum absolute atomic E-state index is 12.5. The Labute approximate surface area is 123 Å². The third kappa shape index (κ3) is 4.52. The van der Waals surface area contributed by atoms with Crippen LogP contribution in [-0.2, 0) is 4.79 Å². The van der Waals surface area contributed by atoms with E-state index in [1.165, 1.54) is 0 Å². The SMILES string of the molecule is Cl.NC1CCC(C(=O)NC2CCC(C(F)(F)F)CC2)C1. The Morgan fingerprint density at radius 2 is 1.65 bits per heavy atom. The Balaban J connectivity index is 0.00000200. The summed E-state index contributed by atoms with van der Waals surface area (Å²) in [6.07, 6.45) is -0.638. The van der Waals surface area contributed by atoms with Crippen LogP contribution in [0.5, 0.6) is 0 Å². The Bertz CT molecular complexity index is 330. The molecule has 0 aromatic heterocycles. The number of hydrogen-bond acceptors (Lipinski definition) is 2. The van der Waals surface area contributed by atoms with Crippen molar-refractivity contribution in [2.45, 2.75) is 63.2 Å². The lowest BCUT2D eigenvalue weighted by Gasteiger charge is -2.30. The van der Waals surface area contributed by atoms with Gasteiger partial charge in [0.15, 0.2) is 0 Å². The second-order valence-corrected chi connectivity index (χ2v) is 5.87. The highest BCUT2D eigenvalue weighted by atomic mass is 35.5. The summed E-state index contributed by atoms with van der Waals surface area (Å²) in [7, 11) is 0. The van der Waals surface area contributed by atoms with E-state index in [1.54, 1.807) is 0 Å². The fourth-order valence-corrected chi connectivity index (χ4v) is 3.14. The van der Waals surface area contributed by atoms with E-state index < -0.39 is 12.1 Å². The number of carbonyl (C=O) groups is 1. The van der Waals surface area contributed by atoms with E-state index in [0.29, 0.717) is 19.3 Å². The van der Waals surface area contributed by atoms with Gasteiger partial charge in [-0.25, -0.2) is 0 Å². The number of nitrogens with two attached hydrogens (primary N) is 1. The quantitative estimate of drug-likeness (QED) is 0.823. The molecule has 0 spiro atoms. The number of hydrogen-bond donors (Lipinski definition) is 2. The Morgan fingerprint density at radius 3 is 2.10 bits per heavy atom. The third-order valence-electron chi connectivity index (χ3n) is 4.38. The molecule has 2 aliphatic rings. The lowest BCUT2D eigenvalue weighted by molar-refractivity contribution is -0.182.